The third-order valence-electron chi connectivity index (χ3n) is 11.6. The number of nitrogens with zero attached hydrogens (tertiary/aromatic N) is 2. The minimum absolute atomic E-state index is 0.0603. The number of carbonyl (C=O) groups excluding carboxylic acids is 3. The Morgan fingerprint density at radius 2 is 1.64 bits per heavy atom. The molecule has 8 atom stereocenters. The lowest BCUT2D eigenvalue weighted by molar-refractivity contribution is -0.167. The lowest BCUT2D eigenvalue weighted by Crippen LogP contribution is -2.47. The molecule has 1 aliphatic carbocycles. The first kappa shape index (κ1) is 40.9. The van der Waals surface area contributed by atoms with Gasteiger partial charge in [-0.25, -0.2) is 0 Å². The van der Waals surface area contributed by atoms with Crippen molar-refractivity contribution in [3.63, 3.8) is 0 Å². The van der Waals surface area contributed by atoms with Gasteiger partial charge in [0.2, 0.25) is 0 Å². The summed E-state index contributed by atoms with van der Waals surface area (Å²) in [6.07, 6.45) is 10.0. The van der Waals surface area contributed by atoms with E-state index >= 15 is 0 Å². The number of aromatic nitrogens is 1. The lowest BCUT2D eigenvalue weighted by Gasteiger charge is -2.38. The predicted octanol–water partition coefficient (Wildman–Crippen LogP) is 7.70. The van der Waals surface area contributed by atoms with Crippen LogP contribution in [0.4, 0.5) is 5.69 Å². The van der Waals surface area contributed by atoms with E-state index in [0.717, 1.165) is 42.7 Å². The molecule has 3 aliphatic rings. The first-order chi connectivity index (χ1) is 25.3. The summed E-state index contributed by atoms with van der Waals surface area (Å²) in [4.78, 5) is 47.8. The van der Waals surface area contributed by atoms with Gasteiger partial charge in [0.25, 0.3) is 0 Å². The van der Waals surface area contributed by atoms with Crippen molar-refractivity contribution in [3.05, 3.63) is 48.3 Å². The number of Topliss-reactive ketones (excluding diaryl/α,β-unsaturated/α-hetero) is 1. The molecule has 5 unspecified atom stereocenters. The van der Waals surface area contributed by atoms with Crippen LogP contribution in [0.5, 0.6) is 11.5 Å². The number of rotatable bonds is 11. The topological polar surface area (TPSA) is 113 Å². The highest BCUT2D eigenvalue weighted by Crippen LogP contribution is 2.46. The Bertz CT molecular complexity index is 1550. The van der Waals surface area contributed by atoms with Gasteiger partial charge in [-0.2, -0.15) is 0 Å². The van der Waals surface area contributed by atoms with Crippen molar-refractivity contribution in [2.24, 2.45) is 29.6 Å². The van der Waals surface area contributed by atoms with Crippen molar-refractivity contribution in [1.29, 1.82) is 0 Å². The largest absolute Gasteiger partial charge is 0.493 e. The van der Waals surface area contributed by atoms with Gasteiger partial charge in [0, 0.05) is 67.9 Å². The van der Waals surface area contributed by atoms with Crippen LogP contribution in [-0.4, -0.2) is 78.4 Å². The van der Waals surface area contributed by atoms with E-state index in [1.807, 2.05) is 65.0 Å². The second-order valence-electron chi connectivity index (χ2n) is 16.2. The molecule has 0 spiro atoms. The van der Waals surface area contributed by atoms with Gasteiger partial charge in [-0.1, -0.05) is 27.7 Å². The van der Waals surface area contributed by atoms with E-state index in [0.29, 0.717) is 43.9 Å². The molecule has 3 heterocycles. The average Bonchev–Trinajstić information content (AvgIpc) is 3.74. The van der Waals surface area contributed by atoms with Gasteiger partial charge in [0.05, 0.1) is 24.7 Å². The molecule has 292 valence electrons. The van der Waals surface area contributed by atoms with Crippen molar-refractivity contribution in [3.8, 4) is 11.5 Å². The first-order valence-corrected chi connectivity index (χ1v) is 20.4. The number of hydrogen-bond acceptors (Lipinski definition) is 11. The number of pyridine rings is 1. The molecule has 2 aromatic rings. The highest BCUT2D eigenvalue weighted by Gasteiger charge is 2.57. The summed E-state index contributed by atoms with van der Waals surface area (Å²) >= 11 is 1.50. The van der Waals surface area contributed by atoms with Gasteiger partial charge in [-0.15, -0.1) is 11.8 Å². The Morgan fingerprint density at radius 3 is 2.32 bits per heavy atom. The molecule has 11 heteroatoms. The average molecular weight is 753 g/mol. The van der Waals surface area contributed by atoms with Crippen molar-refractivity contribution in [2.75, 3.05) is 38.0 Å². The number of benzene rings is 1. The van der Waals surface area contributed by atoms with E-state index in [9.17, 15) is 14.4 Å². The molecule has 1 aromatic heterocycles. The third-order valence-corrected chi connectivity index (χ3v) is 12.9. The molecule has 0 amide bonds. The highest BCUT2D eigenvalue weighted by molar-refractivity contribution is 8.00. The van der Waals surface area contributed by atoms with Gasteiger partial charge in [0.15, 0.2) is 11.5 Å². The lowest BCUT2D eigenvalue weighted by atomic mass is 9.73. The number of ether oxygens (including phenoxy) is 5. The molecule has 53 heavy (non-hydrogen) atoms. The second-order valence-corrected chi connectivity index (χ2v) is 17.4. The van der Waals surface area contributed by atoms with Crippen LogP contribution in [0.25, 0.3) is 0 Å². The molecule has 2 saturated heterocycles. The monoisotopic (exact) mass is 752 g/mol. The number of carbonyl (C=O) groups is 3. The van der Waals surface area contributed by atoms with Crippen LogP contribution in [0.3, 0.4) is 0 Å². The van der Waals surface area contributed by atoms with E-state index < -0.39 is 28.3 Å². The van der Waals surface area contributed by atoms with Crippen molar-refractivity contribution in [2.45, 2.75) is 116 Å². The van der Waals surface area contributed by atoms with Crippen LogP contribution in [0.1, 0.15) is 92.1 Å². The zero-order valence-corrected chi connectivity index (χ0v) is 33.7. The van der Waals surface area contributed by atoms with Crippen LogP contribution in [0.2, 0.25) is 0 Å². The zero-order valence-electron chi connectivity index (χ0n) is 32.9. The van der Waals surface area contributed by atoms with Crippen LogP contribution < -0.4 is 14.4 Å². The van der Waals surface area contributed by atoms with Gasteiger partial charge in [0.1, 0.15) is 23.2 Å². The zero-order chi connectivity index (χ0) is 38.3. The molecule has 0 radical (unpaired) electrons. The molecule has 10 nitrogen and oxygen atoms in total. The fourth-order valence-electron chi connectivity index (χ4n) is 8.85. The number of hydrogen-bond donors (Lipinski definition) is 0. The number of anilines is 1. The number of thioether (sulfide) groups is 1. The molecule has 5 rings (SSSR count). The second kappa shape index (κ2) is 17.9. The van der Waals surface area contributed by atoms with Crippen LogP contribution in [-0.2, 0) is 35.1 Å². The Labute approximate surface area is 320 Å². The van der Waals surface area contributed by atoms with Crippen LogP contribution >= 0.6 is 11.8 Å². The summed E-state index contributed by atoms with van der Waals surface area (Å²) in [6.45, 7) is 12.8. The Balaban J connectivity index is 1.39. The summed E-state index contributed by atoms with van der Waals surface area (Å²) in [5.41, 5.74) is 0.378. The normalized spacial score (nSPS) is 31.7. The molecule has 1 aromatic carbocycles. The summed E-state index contributed by atoms with van der Waals surface area (Å²) in [5, 5.41) is -0.621. The fourth-order valence-corrected chi connectivity index (χ4v) is 10.3. The van der Waals surface area contributed by atoms with E-state index in [1.54, 1.807) is 26.6 Å². The SMILES string of the molecule is COc1ccc(N(CCSC2C(=O)O[C@]3(C)COC(=O)C(C)C[C@H](C)CC(C)(OC)C[C@@H](C)C(=O)C(C)C23)Cc2ccncc2)cc1OC1CCCC1. The molecule has 0 N–H and O–H groups in total. The molecule has 3 fully saturated rings. The summed E-state index contributed by atoms with van der Waals surface area (Å²) in [6, 6.07) is 10.0. The number of methoxy groups -OCH3 is 2. The third kappa shape index (κ3) is 10.1. The maximum absolute atomic E-state index is 14.3. The summed E-state index contributed by atoms with van der Waals surface area (Å²) in [7, 11) is 3.35. The van der Waals surface area contributed by atoms with Crippen molar-refractivity contribution >= 4 is 35.2 Å². The standard InChI is InChI=1S/C42H60N2O8S/c1-27-21-28(2)39(46)50-26-42(6)36(30(4)37(45)29(3)24-41(5,23-27)49-8)38(40(47)52-42)53-20-19-44(25-31-15-17-43-18-16-31)32-13-14-34(48-7)35(22-32)51-33-11-9-10-12-33/h13-18,22,27-30,33,36,38H,9-12,19-21,23-26H2,1-8H3/t27-,28?,29+,30?,36?,38?,41?,42+/m0/s1. The summed E-state index contributed by atoms with van der Waals surface area (Å²) in [5.74, 6) is -0.124. The number of ketones is 1. The Kier molecular flexibility index (Phi) is 13.8. The number of esters is 2. The summed E-state index contributed by atoms with van der Waals surface area (Å²) < 4.78 is 30.1. The maximum Gasteiger partial charge on any atom is 0.320 e. The number of cyclic esters (lactones) is 1. The van der Waals surface area contributed by atoms with Gasteiger partial charge in [-0.05, 0) is 94.5 Å². The van der Waals surface area contributed by atoms with E-state index in [-0.39, 0.29) is 48.2 Å². The molecule has 1 saturated carbocycles. The van der Waals surface area contributed by atoms with E-state index in [1.165, 1.54) is 11.8 Å². The molecule has 0 bridgehead atoms. The highest BCUT2D eigenvalue weighted by atomic mass is 32.2. The fraction of sp³-hybridized carbons (Fsp3) is 0.667. The molecular formula is C42H60N2O8S. The van der Waals surface area contributed by atoms with Crippen LogP contribution in [0, 0.1) is 29.6 Å². The maximum atomic E-state index is 14.3. The van der Waals surface area contributed by atoms with E-state index in [2.05, 4.69) is 16.8 Å². The van der Waals surface area contributed by atoms with Crippen molar-refractivity contribution in [1.82, 2.24) is 4.98 Å². The minimum atomic E-state index is -1.15. The Morgan fingerprint density at radius 1 is 0.925 bits per heavy atom. The predicted molar refractivity (Wildman–Crippen MR) is 207 cm³/mol. The van der Waals surface area contributed by atoms with Crippen LogP contribution in [0.15, 0.2) is 42.7 Å². The van der Waals surface area contributed by atoms with Gasteiger partial charge in [-0.3, -0.25) is 19.4 Å². The van der Waals surface area contributed by atoms with E-state index in [4.69, 9.17) is 23.7 Å². The first-order valence-electron chi connectivity index (χ1n) is 19.3. The molecule has 2 aliphatic heterocycles. The quantitative estimate of drug-likeness (QED) is 0.211. The number of fused-ring (bicyclic) bond motifs is 1. The minimum Gasteiger partial charge on any atom is -0.493 e. The smallest absolute Gasteiger partial charge is 0.320 e. The van der Waals surface area contributed by atoms with Gasteiger partial charge >= 0.3 is 11.9 Å². The van der Waals surface area contributed by atoms with Crippen molar-refractivity contribution < 1.29 is 38.1 Å². The van der Waals surface area contributed by atoms with Gasteiger partial charge < -0.3 is 28.6 Å². The Hall–Kier alpha value is -3.31. The molecular weight excluding hydrogens is 693 g/mol.